The summed E-state index contributed by atoms with van der Waals surface area (Å²) in [5.74, 6) is -2.59. The Morgan fingerprint density at radius 1 is 1.03 bits per heavy atom. The van der Waals surface area contributed by atoms with E-state index < -0.39 is 17.8 Å². The normalized spacial score (nSPS) is 19.0. The molecule has 2 atom stereocenters. The summed E-state index contributed by atoms with van der Waals surface area (Å²) in [5.41, 5.74) is 1.07. The second-order valence-electron chi connectivity index (χ2n) is 7.69. The maximum Gasteiger partial charge on any atom is 0.307 e. The first kappa shape index (κ1) is 21.0. The van der Waals surface area contributed by atoms with Crippen molar-refractivity contribution in [2.45, 2.75) is 45.4 Å². The molecule has 1 aliphatic rings. The predicted molar refractivity (Wildman–Crippen MR) is 115 cm³/mol. The molecule has 3 rings (SSSR count). The number of thiophene rings is 1. The molecule has 0 bridgehead atoms. The van der Waals surface area contributed by atoms with Crippen molar-refractivity contribution >= 4 is 39.8 Å². The average molecular weight is 415 g/mol. The average Bonchev–Trinajstić information content (AvgIpc) is 3.13. The van der Waals surface area contributed by atoms with Gasteiger partial charge in [-0.05, 0) is 37.0 Å². The number of para-hydroxylation sites is 1. The van der Waals surface area contributed by atoms with Gasteiger partial charge >= 0.3 is 5.97 Å². The van der Waals surface area contributed by atoms with Crippen molar-refractivity contribution in [1.82, 2.24) is 0 Å². The molecule has 2 amide bonds. The van der Waals surface area contributed by atoms with Gasteiger partial charge in [0.1, 0.15) is 5.00 Å². The van der Waals surface area contributed by atoms with Crippen molar-refractivity contribution in [3.05, 3.63) is 46.8 Å². The van der Waals surface area contributed by atoms with Crippen molar-refractivity contribution < 1.29 is 19.5 Å². The lowest BCUT2D eigenvalue weighted by Gasteiger charge is -2.27. The van der Waals surface area contributed by atoms with Crippen LogP contribution in [0.5, 0.6) is 0 Å². The summed E-state index contributed by atoms with van der Waals surface area (Å²) in [6.07, 6.45) is 2.72. The number of carbonyl (C=O) groups is 3. The van der Waals surface area contributed by atoms with Gasteiger partial charge in [-0.3, -0.25) is 14.4 Å². The number of carboxylic acids is 1. The van der Waals surface area contributed by atoms with Crippen molar-refractivity contribution in [3.8, 4) is 0 Å². The zero-order valence-corrected chi connectivity index (χ0v) is 17.4. The van der Waals surface area contributed by atoms with Gasteiger partial charge in [0.05, 0.1) is 17.4 Å². The van der Waals surface area contributed by atoms with E-state index in [4.69, 9.17) is 0 Å². The molecule has 0 aliphatic heterocycles. The number of rotatable bonds is 6. The highest BCUT2D eigenvalue weighted by Gasteiger charge is 2.36. The predicted octanol–water partition coefficient (Wildman–Crippen LogP) is 4.95. The monoisotopic (exact) mass is 414 g/mol. The molecule has 1 aromatic carbocycles. The Morgan fingerprint density at radius 3 is 2.31 bits per heavy atom. The van der Waals surface area contributed by atoms with Crippen molar-refractivity contribution in [2.24, 2.45) is 11.8 Å². The molecule has 0 unspecified atom stereocenters. The highest BCUT2D eigenvalue weighted by atomic mass is 32.1. The first-order valence-electron chi connectivity index (χ1n) is 9.90. The van der Waals surface area contributed by atoms with E-state index in [0.29, 0.717) is 29.1 Å². The fourth-order valence-electron chi connectivity index (χ4n) is 3.62. The Kier molecular flexibility index (Phi) is 6.69. The first-order chi connectivity index (χ1) is 13.9. The van der Waals surface area contributed by atoms with Gasteiger partial charge in [-0.2, -0.15) is 0 Å². The minimum atomic E-state index is -0.930. The van der Waals surface area contributed by atoms with Crippen LogP contribution in [0, 0.1) is 11.8 Å². The highest BCUT2D eigenvalue weighted by Crippen LogP contribution is 2.36. The van der Waals surface area contributed by atoms with E-state index in [9.17, 15) is 19.5 Å². The summed E-state index contributed by atoms with van der Waals surface area (Å²) in [6.45, 7) is 4.05. The fourth-order valence-corrected chi connectivity index (χ4v) is 4.68. The number of aliphatic carboxylic acids is 1. The Balaban J connectivity index is 1.83. The second-order valence-corrected chi connectivity index (χ2v) is 8.78. The standard InChI is InChI=1S/C22H26N2O4S/c1-13(2)18-12-17(20(26)23-14-8-4-3-5-9-14)21(29-18)24-19(25)15-10-6-7-11-16(15)22(27)28/h3-5,8-9,12-13,15-16H,6-7,10-11H2,1-2H3,(H,23,26)(H,24,25)(H,27,28)/t15-,16+/m1/s1. The molecule has 1 aliphatic carbocycles. The maximum absolute atomic E-state index is 12.9. The van der Waals surface area contributed by atoms with Gasteiger partial charge in [0.25, 0.3) is 5.91 Å². The zero-order valence-electron chi connectivity index (χ0n) is 16.6. The third kappa shape index (κ3) is 5.03. The van der Waals surface area contributed by atoms with E-state index in [1.807, 2.05) is 32.0 Å². The Morgan fingerprint density at radius 2 is 1.69 bits per heavy atom. The van der Waals surface area contributed by atoms with E-state index in [-0.39, 0.29) is 17.7 Å². The summed E-state index contributed by atoms with van der Waals surface area (Å²) in [6, 6.07) is 10.9. The van der Waals surface area contributed by atoms with Crippen LogP contribution in [0.3, 0.4) is 0 Å². The third-order valence-electron chi connectivity index (χ3n) is 5.25. The number of nitrogens with one attached hydrogen (secondary N) is 2. The van der Waals surface area contributed by atoms with Crippen LogP contribution >= 0.6 is 11.3 Å². The number of hydrogen-bond acceptors (Lipinski definition) is 4. The molecule has 0 saturated heterocycles. The number of carboxylic acid groups (broad SMARTS) is 1. The number of benzene rings is 1. The summed E-state index contributed by atoms with van der Waals surface area (Å²) in [4.78, 5) is 38.3. The summed E-state index contributed by atoms with van der Waals surface area (Å²) >= 11 is 1.37. The number of anilines is 2. The minimum absolute atomic E-state index is 0.204. The molecule has 7 heteroatoms. The maximum atomic E-state index is 12.9. The SMILES string of the molecule is CC(C)c1cc(C(=O)Nc2ccccc2)c(NC(=O)[C@@H]2CCCC[C@@H]2C(=O)O)s1. The lowest BCUT2D eigenvalue weighted by atomic mass is 9.79. The Bertz CT molecular complexity index is 891. The molecule has 154 valence electrons. The third-order valence-corrected chi connectivity index (χ3v) is 6.60. The molecule has 6 nitrogen and oxygen atoms in total. The van der Waals surface area contributed by atoms with Crippen LogP contribution in [0.25, 0.3) is 0 Å². The molecule has 1 heterocycles. The zero-order chi connectivity index (χ0) is 21.0. The van der Waals surface area contributed by atoms with Crippen LogP contribution in [0.15, 0.2) is 36.4 Å². The van der Waals surface area contributed by atoms with E-state index in [0.717, 1.165) is 17.7 Å². The highest BCUT2D eigenvalue weighted by molar-refractivity contribution is 7.16. The molecule has 3 N–H and O–H groups in total. The van der Waals surface area contributed by atoms with Crippen LogP contribution in [0.1, 0.15) is 60.7 Å². The van der Waals surface area contributed by atoms with Gasteiger partial charge in [-0.1, -0.05) is 44.9 Å². The van der Waals surface area contributed by atoms with Crippen molar-refractivity contribution in [2.75, 3.05) is 10.6 Å². The van der Waals surface area contributed by atoms with Gasteiger partial charge in [-0.25, -0.2) is 0 Å². The number of hydrogen-bond donors (Lipinski definition) is 3. The van der Waals surface area contributed by atoms with E-state index in [2.05, 4.69) is 10.6 Å². The molecular formula is C22H26N2O4S. The van der Waals surface area contributed by atoms with Gasteiger partial charge < -0.3 is 15.7 Å². The topological polar surface area (TPSA) is 95.5 Å². The van der Waals surface area contributed by atoms with E-state index in [1.165, 1.54) is 11.3 Å². The molecular weight excluding hydrogens is 388 g/mol. The first-order valence-corrected chi connectivity index (χ1v) is 10.7. The molecule has 1 aromatic heterocycles. The summed E-state index contributed by atoms with van der Waals surface area (Å²) in [5, 5.41) is 15.7. The van der Waals surface area contributed by atoms with Crippen LogP contribution in [0.2, 0.25) is 0 Å². The molecule has 2 aromatic rings. The summed E-state index contributed by atoms with van der Waals surface area (Å²) in [7, 11) is 0. The van der Waals surface area contributed by atoms with E-state index in [1.54, 1.807) is 18.2 Å². The van der Waals surface area contributed by atoms with Crippen LogP contribution in [-0.4, -0.2) is 22.9 Å². The second kappa shape index (κ2) is 9.22. The Hall–Kier alpha value is -2.67. The summed E-state index contributed by atoms with van der Waals surface area (Å²) < 4.78 is 0. The van der Waals surface area contributed by atoms with Crippen LogP contribution < -0.4 is 10.6 Å². The lowest BCUT2D eigenvalue weighted by molar-refractivity contribution is -0.147. The van der Waals surface area contributed by atoms with Gasteiger partial charge in [0, 0.05) is 10.6 Å². The Labute approximate surface area is 174 Å². The molecule has 29 heavy (non-hydrogen) atoms. The van der Waals surface area contributed by atoms with Crippen LogP contribution in [-0.2, 0) is 9.59 Å². The number of amides is 2. The molecule has 1 fully saturated rings. The van der Waals surface area contributed by atoms with Crippen LogP contribution in [0.4, 0.5) is 10.7 Å². The molecule has 1 saturated carbocycles. The lowest BCUT2D eigenvalue weighted by Crippen LogP contribution is -2.36. The van der Waals surface area contributed by atoms with Gasteiger partial charge in [0.2, 0.25) is 5.91 Å². The smallest absolute Gasteiger partial charge is 0.307 e. The molecule has 0 spiro atoms. The number of carbonyl (C=O) groups excluding carboxylic acids is 2. The largest absolute Gasteiger partial charge is 0.481 e. The minimum Gasteiger partial charge on any atom is -0.481 e. The quantitative estimate of drug-likeness (QED) is 0.623. The van der Waals surface area contributed by atoms with Gasteiger partial charge in [-0.15, -0.1) is 11.3 Å². The van der Waals surface area contributed by atoms with Gasteiger partial charge in [0.15, 0.2) is 0 Å². The molecule has 0 radical (unpaired) electrons. The van der Waals surface area contributed by atoms with Crippen molar-refractivity contribution in [3.63, 3.8) is 0 Å². The fraction of sp³-hybridized carbons (Fsp3) is 0.409. The van der Waals surface area contributed by atoms with Crippen molar-refractivity contribution in [1.29, 1.82) is 0 Å². The van der Waals surface area contributed by atoms with E-state index >= 15 is 0 Å².